The average Bonchev–Trinajstić information content (AvgIpc) is 2.13. The predicted molar refractivity (Wildman–Crippen MR) is 66.2 cm³/mol. The van der Waals surface area contributed by atoms with Crippen LogP contribution >= 0.6 is 0 Å². The van der Waals surface area contributed by atoms with Gasteiger partial charge in [-0.15, -0.1) is 0 Å². The SMILES string of the molecule is CC(C)CC(C1CN(C)CCN1)N(C)C. The number of hydrogen-bond donors (Lipinski definition) is 1. The molecule has 0 aliphatic carbocycles. The van der Waals surface area contributed by atoms with E-state index < -0.39 is 0 Å². The van der Waals surface area contributed by atoms with E-state index in [-0.39, 0.29) is 0 Å². The molecule has 15 heavy (non-hydrogen) atoms. The fourth-order valence-electron chi connectivity index (χ4n) is 2.41. The van der Waals surface area contributed by atoms with Crippen molar-refractivity contribution in [3.63, 3.8) is 0 Å². The van der Waals surface area contributed by atoms with Gasteiger partial charge in [0.25, 0.3) is 0 Å². The Morgan fingerprint density at radius 2 is 2.07 bits per heavy atom. The first-order chi connectivity index (χ1) is 7.00. The van der Waals surface area contributed by atoms with Crippen LogP contribution in [0, 0.1) is 5.92 Å². The summed E-state index contributed by atoms with van der Waals surface area (Å²) in [6.45, 7) is 8.10. The lowest BCUT2D eigenvalue weighted by molar-refractivity contribution is 0.138. The maximum Gasteiger partial charge on any atom is 0.0351 e. The summed E-state index contributed by atoms with van der Waals surface area (Å²) in [5.41, 5.74) is 0. The lowest BCUT2D eigenvalue weighted by atomic mass is 9.95. The van der Waals surface area contributed by atoms with E-state index in [2.05, 4.69) is 50.1 Å². The van der Waals surface area contributed by atoms with Crippen LogP contribution in [0.15, 0.2) is 0 Å². The zero-order valence-corrected chi connectivity index (χ0v) is 11.0. The monoisotopic (exact) mass is 213 g/mol. The molecule has 0 spiro atoms. The van der Waals surface area contributed by atoms with E-state index in [4.69, 9.17) is 0 Å². The van der Waals surface area contributed by atoms with E-state index in [0.29, 0.717) is 12.1 Å². The number of rotatable bonds is 4. The van der Waals surface area contributed by atoms with Crippen molar-refractivity contribution in [2.24, 2.45) is 5.92 Å². The van der Waals surface area contributed by atoms with E-state index in [0.717, 1.165) is 12.5 Å². The minimum atomic E-state index is 0.626. The quantitative estimate of drug-likeness (QED) is 0.747. The predicted octanol–water partition coefficient (Wildman–Crippen LogP) is 0.866. The molecule has 0 amide bonds. The van der Waals surface area contributed by atoms with Gasteiger partial charge in [-0.1, -0.05) is 13.8 Å². The van der Waals surface area contributed by atoms with Crippen LogP contribution in [-0.2, 0) is 0 Å². The highest BCUT2D eigenvalue weighted by atomic mass is 15.2. The Bertz CT molecular complexity index is 180. The minimum absolute atomic E-state index is 0.626. The van der Waals surface area contributed by atoms with Crippen molar-refractivity contribution in [3.8, 4) is 0 Å². The summed E-state index contributed by atoms with van der Waals surface area (Å²) >= 11 is 0. The Kier molecular flexibility index (Phi) is 5.03. The van der Waals surface area contributed by atoms with Gasteiger partial charge in [0.1, 0.15) is 0 Å². The largest absolute Gasteiger partial charge is 0.310 e. The first kappa shape index (κ1) is 12.9. The normalized spacial score (nSPS) is 26.2. The lowest BCUT2D eigenvalue weighted by Crippen LogP contribution is -2.58. The second-order valence-corrected chi connectivity index (χ2v) is 5.48. The van der Waals surface area contributed by atoms with Crippen LogP contribution in [0.3, 0.4) is 0 Å². The first-order valence-electron chi connectivity index (χ1n) is 6.09. The number of likely N-dealkylation sites (N-methyl/N-ethyl adjacent to an activating group) is 2. The summed E-state index contributed by atoms with van der Waals surface area (Å²) in [6.07, 6.45) is 1.28. The molecular formula is C12H27N3. The van der Waals surface area contributed by atoms with Gasteiger partial charge in [-0.3, -0.25) is 0 Å². The highest BCUT2D eigenvalue weighted by Crippen LogP contribution is 2.15. The molecule has 1 heterocycles. The van der Waals surface area contributed by atoms with Crippen molar-refractivity contribution in [2.75, 3.05) is 40.8 Å². The molecule has 0 radical (unpaired) electrons. The Morgan fingerprint density at radius 3 is 2.53 bits per heavy atom. The third-order valence-electron chi connectivity index (χ3n) is 3.25. The molecule has 1 fully saturated rings. The van der Waals surface area contributed by atoms with Gasteiger partial charge >= 0.3 is 0 Å². The molecule has 1 aliphatic heterocycles. The standard InChI is InChI=1S/C12H27N3/c1-10(2)8-12(14(3)4)11-9-15(5)7-6-13-11/h10-13H,6-9H2,1-5H3. The van der Waals surface area contributed by atoms with Gasteiger partial charge < -0.3 is 15.1 Å². The van der Waals surface area contributed by atoms with E-state index in [1.165, 1.54) is 19.5 Å². The van der Waals surface area contributed by atoms with Gasteiger partial charge in [0.15, 0.2) is 0 Å². The fourth-order valence-corrected chi connectivity index (χ4v) is 2.41. The van der Waals surface area contributed by atoms with Crippen molar-refractivity contribution in [3.05, 3.63) is 0 Å². The summed E-state index contributed by atoms with van der Waals surface area (Å²) < 4.78 is 0. The highest BCUT2D eigenvalue weighted by Gasteiger charge is 2.27. The van der Waals surface area contributed by atoms with E-state index in [1.807, 2.05) is 0 Å². The van der Waals surface area contributed by atoms with Crippen molar-refractivity contribution in [1.29, 1.82) is 0 Å². The van der Waals surface area contributed by atoms with Crippen molar-refractivity contribution < 1.29 is 0 Å². The third-order valence-corrected chi connectivity index (χ3v) is 3.25. The Balaban J connectivity index is 2.54. The Hall–Kier alpha value is -0.120. The van der Waals surface area contributed by atoms with Gasteiger partial charge in [-0.2, -0.15) is 0 Å². The van der Waals surface area contributed by atoms with Gasteiger partial charge in [0, 0.05) is 31.7 Å². The zero-order valence-electron chi connectivity index (χ0n) is 11.0. The van der Waals surface area contributed by atoms with Crippen LogP contribution in [-0.4, -0.2) is 62.7 Å². The fraction of sp³-hybridized carbons (Fsp3) is 1.00. The maximum absolute atomic E-state index is 3.65. The first-order valence-corrected chi connectivity index (χ1v) is 6.09. The van der Waals surface area contributed by atoms with Gasteiger partial charge in [-0.05, 0) is 33.5 Å². The third kappa shape index (κ3) is 4.09. The van der Waals surface area contributed by atoms with E-state index >= 15 is 0 Å². The summed E-state index contributed by atoms with van der Waals surface area (Å²) in [4.78, 5) is 4.80. The smallest absolute Gasteiger partial charge is 0.0351 e. The molecule has 1 N–H and O–H groups in total. The molecule has 1 rings (SSSR count). The van der Waals surface area contributed by atoms with Crippen LogP contribution in [0.4, 0.5) is 0 Å². The summed E-state index contributed by atoms with van der Waals surface area (Å²) in [6, 6.07) is 1.29. The van der Waals surface area contributed by atoms with Crippen molar-refractivity contribution in [2.45, 2.75) is 32.4 Å². The molecule has 0 bridgehead atoms. The number of piperazine rings is 1. The minimum Gasteiger partial charge on any atom is -0.310 e. The molecule has 1 saturated heterocycles. The van der Waals surface area contributed by atoms with E-state index in [9.17, 15) is 0 Å². The van der Waals surface area contributed by atoms with Crippen LogP contribution in [0.1, 0.15) is 20.3 Å². The number of nitrogens with one attached hydrogen (secondary N) is 1. The molecule has 1 aliphatic rings. The molecule has 0 aromatic rings. The molecule has 3 heteroatoms. The Labute approximate surface area is 94.8 Å². The average molecular weight is 213 g/mol. The topological polar surface area (TPSA) is 18.5 Å². The highest BCUT2D eigenvalue weighted by molar-refractivity contribution is 4.88. The van der Waals surface area contributed by atoms with Gasteiger partial charge in [-0.25, -0.2) is 0 Å². The second kappa shape index (κ2) is 5.83. The number of hydrogen-bond acceptors (Lipinski definition) is 3. The molecule has 90 valence electrons. The summed E-state index contributed by atoms with van der Waals surface area (Å²) in [5, 5.41) is 3.65. The van der Waals surface area contributed by atoms with E-state index in [1.54, 1.807) is 0 Å². The molecule has 0 saturated carbocycles. The molecule has 0 aromatic heterocycles. The maximum atomic E-state index is 3.65. The van der Waals surface area contributed by atoms with Crippen LogP contribution in [0.5, 0.6) is 0 Å². The molecular weight excluding hydrogens is 186 g/mol. The van der Waals surface area contributed by atoms with Crippen molar-refractivity contribution in [1.82, 2.24) is 15.1 Å². The molecule has 0 aromatic carbocycles. The second-order valence-electron chi connectivity index (χ2n) is 5.48. The Morgan fingerprint density at radius 1 is 1.40 bits per heavy atom. The number of nitrogens with zero attached hydrogens (tertiary/aromatic N) is 2. The van der Waals surface area contributed by atoms with Gasteiger partial charge in [0.05, 0.1) is 0 Å². The van der Waals surface area contributed by atoms with Crippen LogP contribution in [0.25, 0.3) is 0 Å². The van der Waals surface area contributed by atoms with Crippen LogP contribution < -0.4 is 5.32 Å². The van der Waals surface area contributed by atoms with Crippen LogP contribution in [0.2, 0.25) is 0 Å². The lowest BCUT2D eigenvalue weighted by Gasteiger charge is -2.39. The van der Waals surface area contributed by atoms with Crippen molar-refractivity contribution >= 4 is 0 Å². The zero-order chi connectivity index (χ0) is 11.4. The summed E-state index contributed by atoms with van der Waals surface area (Å²) in [5.74, 6) is 0.770. The molecule has 2 unspecified atom stereocenters. The van der Waals surface area contributed by atoms with Gasteiger partial charge in [0.2, 0.25) is 0 Å². The summed E-state index contributed by atoms with van der Waals surface area (Å²) in [7, 11) is 6.61. The molecule has 3 nitrogen and oxygen atoms in total. The molecule has 2 atom stereocenters.